The van der Waals surface area contributed by atoms with Crippen LogP contribution in [0.5, 0.6) is 5.75 Å². The van der Waals surface area contributed by atoms with Gasteiger partial charge in [-0.2, -0.15) is 0 Å². The minimum atomic E-state index is -0.301. The van der Waals surface area contributed by atoms with Crippen molar-refractivity contribution in [1.82, 2.24) is 15.2 Å². The molecule has 2 heterocycles. The number of nitrogens with one attached hydrogen (secondary N) is 1. The first kappa shape index (κ1) is 17.7. The quantitative estimate of drug-likeness (QED) is 0.769. The zero-order valence-electron chi connectivity index (χ0n) is 14.5. The van der Waals surface area contributed by atoms with Crippen LogP contribution in [0.25, 0.3) is 0 Å². The summed E-state index contributed by atoms with van der Waals surface area (Å²) < 4.78 is 5.22. The largest absolute Gasteiger partial charge is 0.495 e. The zero-order valence-corrected chi connectivity index (χ0v) is 14.5. The van der Waals surface area contributed by atoms with Crippen LogP contribution < -0.4 is 10.1 Å². The van der Waals surface area contributed by atoms with Crippen molar-refractivity contribution >= 4 is 11.8 Å². The molecule has 1 aliphatic heterocycles. The van der Waals surface area contributed by atoms with E-state index in [-0.39, 0.29) is 36.3 Å². The van der Waals surface area contributed by atoms with E-state index in [1.807, 2.05) is 6.07 Å². The lowest BCUT2D eigenvalue weighted by molar-refractivity contribution is -0.128. The Morgan fingerprint density at radius 1 is 1.48 bits per heavy atom. The van der Waals surface area contributed by atoms with Gasteiger partial charge in [-0.05, 0) is 36.8 Å². The molecule has 3 rings (SSSR count). The molecule has 2 N–H and O–H groups in total. The maximum atomic E-state index is 12.4. The van der Waals surface area contributed by atoms with Crippen molar-refractivity contribution in [2.24, 2.45) is 5.92 Å². The first-order chi connectivity index (χ1) is 12.1. The van der Waals surface area contributed by atoms with E-state index >= 15 is 0 Å². The summed E-state index contributed by atoms with van der Waals surface area (Å²) in [4.78, 5) is 30.0. The summed E-state index contributed by atoms with van der Waals surface area (Å²) in [5.41, 5.74) is 0.877. The molecule has 0 aromatic carbocycles. The van der Waals surface area contributed by atoms with Gasteiger partial charge < -0.3 is 20.1 Å². The van der Waals surface area contributed by atoms with Crippen LogP contribution in [0, 0.1) is 5.92 Å². The number of aliphatic hydroxyl groups is 1. The minimum Gasteiger partial charge on any atom is -0.495 e. The third-order valence-electron chi connectivity index (χ3n) is 5.05. The fraction of sp³-hybridized carbons (Fsp3) is 0.611. The van der Waals surface area contributed by atoms with Gasteiger partial charge in [0.1, 0.15) is 5.75 Å². The normalized spacial score (nSPS) is 23.9. The Kier molecular flexibility index (Phi) is 5.53. The van der Waals surface area contributed by atoms with Gasteiger partial charge in [-0.25, -0.2) is 0 Å². The molecule has 136 valence electrons. The van der Waals surface area contributed by atoms with Gasteiger partial charge in [0.15, 0.2) is 0 Å². The highest BCUT2D eigenvalue weighted by Gasteiger charge is 2.36. The summed E-state index contributed by atoms with van der Waals surface area (Å²) in [6.07, 6.45) is 6.11. The number of pyridine rings is 1. The Bertz CT molecular complexity index is 631. The second-order valence-electron chi connectivity index (χ2n) is 6.82. The van der Waals surface area contributed by atoms with Gasteiger partial charge in [0.2, 0.25) is 11.8 Å². The predicted octanol–water partition coefficient (Wildman–Crippen LogP) is 1.03. The van der Waals surface area contributed by atoms with Crippen LogP contribution in [-0.4, -0.2) is 53.1 Å². The Balaban J connectivity index is 1.63. The SMILES string of the molecule is COc1cncc(C(NC(=O)CCN2CCCC2=O)C2CC(O)C2)c1. The minimum absolute atomic E-state index is 0.0890. The molecule has 1 aromatic heterocycles. The molecular weight excluding hydrogens is 322 g/mol. The fourth-order valence-corrected chi connectivity index (χ4v) is 3.52. The second kappa shape index (κ2) is 7.82. The summed E-state index contributed by atoms with van der Waals surface area (Å²) >= 11 is 0. The van der Waals surface area contributed by atoms with Crippen molar-refractivity contribution in [3.8, 4) is 5.75 Å². The molecule has 0 radical (unpaired) electrons. The number of rotatable bonds is 7. The molecule has 7 nitrogen and oxygen atoms in total. The number of hydrogen-bond donors (Lipinski definition) is 2. The van der Waals surface area contributed by atoms with Crippen molar-refractivity contribution < 1.29 is 19.4 Å². The molecule has 1 aliphatic carbocycles. The average molecular weight is 347 g/mol. The summed E-state index contributed by atoms with van der Waals surface area (Å²) in [5.74, 6) is 0.859. The molecule has 25 heavy (non-hydrogen) atoms. The maximum Gasteiger partial charge on any atom is 0.222 e. The van der Waals surface area contributed by atoms with Crippen LogP contribution in [0.15, 0.2) is 18.5 Å². The van der Waals surface area contributed by atoms with Gasteiger partial charge in [0, 0.05) is 32.1 Å². The van der Waals surface area contributed by atoms with E-state index in [1.165, 1.54) is 0 Å². The number of carbonyl (C=O) groups excluding carboxylic acids is 2. The number of hydrogen-bond acceptors (Lipinski definition) is 5. The van der Waals surface area contributed by atoms with Gasteiger partial charge in [-0.15, -0.1) is 0 Å². The van der Waals surface area contributed by atoms with Crippen LogP contribution in [0.1, 0.15) is 43.7 Å². The van der Waals surface area contributed by atoms with E-state index < -0.39 is 0 Å². The molecule has 1 aromatic rings. The summed E-state index contributed by atoms with van der Waals surface area (Å²) in [6.45, 7) is 1.20. The number of aliphatic hydroxyl groups excluding tert-OH is 1. The molecule has 0 spiro atoms. The van der Waals surface area contributed by atoms with Crippen molar-refractivity contribution in [3.63, 3.8) is 0 Å². The van der Waals surface area contributed by atoms with Crippen LogP contribution in [0.2, 0.25) is 0 Å². The molecule has 1 unspecified atom stereocenters. The molecule has 2 amide bonds. The smallest absolute Gasteiger partial charge is 0.222 e. The van der Waals surface area contributed by atoms with Crippen LogP contribution in [0.4, 0.5) is 0 Å². The lowest BCUT2D eigenvalue weighted by Gasteiger charge is -2.38. The predicted molar refractivity (Wildman–Crippen MR) is 90.8 cm³/mol. The standard InChI is InChI=1S/C18H25N3O4/c1-25-15-9-13(10-19-11-15)18(12-7-14(22)8-12)20-16(23)4-6-21-5-2-3-17(21)24/h9-12,14,18,22H,2-8H2,1H3,(H,20,23). The number of likely N-dealkylation sites (tertiary alicyclic amines) is 1. The Labute approximate surface area is 147 Å². The van der Waals surface area contributed by atoms with Crippen molar-refractivity contribution in [2.75, 3.05) is 20.2 Å². The number of methoxy groups -OCH3 is 1. The van der Waals surface area contributed by atoms with Gasteiger partial charge in [0.05, 0.1) is 25.5 Å². The van der Waals surface area contributed by atoms with E-state index in [9.17, 15) is 14.7 Å². The molecule has 1 atom stereocenters. The number of ether oxygens (including phenoxy) is 1. The average Bonchev–Trinajstić information content (AvgIpc) is 3.00. The maximum absolute atomic E-state index is 12.4. The monoisotopic (exact) mass is 347 g/mol. The van der Waals surface area contributed by atoms with Gasteiger partial charge >= 0.3 is 0 Å². The van der Waals surface area contributed by atoms with Crippen LogP contribution >= 0.6 is 0 Å². The number of amides is 2. The van der Waals surface area contributed by atoms with E-state index in [1.54, 1.807) is 24.4 Å². The highest BCUT2D eigenvalue weighted by atomic mass is 16.5. The topological polar surface area (TPSA) is 91.8 Å². The summed E-state index contributed by atoms with van der Waals surface area (Å²) in [5, 5.41) is 12.7. The second-order valence-corrected chi connectivity index (χ2v) is 6.82. The Morgan fingerprint density at radius 2 is 2.28 bits per heavy atom. The molecule has 1 saturated carbocycles. The van der Waals surface area contributed by atoms with Crippen LogP contribution in [-0.2, 0) is 9.59 Å². The van der Waals surface area contributed by atoms with Crippen molar-refractivity contribution in [3.05, 3.63) is 24.0 Å². The van der Waals surface area contributed by atoms with Gasteiger partial charge in [0.25, 0.3) is 0 Å². The van der Waals surface area contributed by atoms with E-state index in [0.29, 0.717) is 31.6 Å². The first-order valence-corrected chi connectivity index (χ1v) is 8.81. The molecular formula is C18H25N3O4. The molecule has 2 fully saturated rings. The third-order valence-corrected chi connectivity index (χ3v) is 5.05. The van der Waals surface area contributed by atoms with E-state index in [2.05, 4.69) is 10.3 Å². The fourth-order valence-electron chi connectivity index (χ4n) is 3.52. The van der Waals surface area contributed by atoms with Gasteiger partial charge in [-0.1, -0.05) is 0 Å². The number of nitrogens with zero attached hydrogens (tertiary/aromatic N) is 2. The lowest BCUT2D eigenvalue weighted by atomic mass is 9.75. The van der Waals surface area contributed by atoms with Crippen LogP contribution in [0.3, 0.4) is 0 Å². The number of aromatic nitrogens is 1. The molecule has 2 aliphatic rings. The van der Waals surface area contributed by atoms with Gasteiger partial charge in [-0.3, -0.25) is 14.6 Å². The van der Waals surface area contributed by atoms with E-state index in [4.69, 9.17) is 4.74 Å². The first-order valence-electron chi connectivity index (χ1n) is 8.81. The molecule has 7 heteroatoms. The highest BCUT2D eigenvalue weighted by Crippen LogP contribution is 2.38. The zero-order chi connectivity index (χ0) is 17.8. The Hall–Kier alpha value is -2.15. The van der Waals surface area contributed by atoms with E-state index in [0.717, 1.165) is 18.5 Å². The summed E-state index contributed by atoms with van der Waals surface area (Å²) in [7, 11) is 1.58. The number of carbonyl (C=O) groups is 2. The summed E-state index contributed by atoms with van der Waals surface area (Å²) in [6, 6.07) is 1.67. The third kappa shape index (κ3) is 4.28. The lowest BCUT2D eigenvalue weighted by Crippen LogP contribution is -2.42. The van der Waals surface area contributed by atoms with Crippen molar-refractivity contribution in [1.29, 1.82) is 0 Å². The van der Waals surface area contributed by atoms with Crippen molar-refractivity contribution in [2.45, 2.75) is 44.2 Å². The highest BCUT2D eigenvalue weighted by molar-refractivity contribution is 5.80. The molecule has 0 bridgehead atoms. The Morgan fingerprint density at radius 3 is 2.92 bits per heavy atom. The molecule has 1 saturated heterocycles.